The molecule has 162 valence electrons. The second kappa shape index (κ2) is 8.86. The van der Waals surface area contributed by atoms with E-state index in [1.165, 1.54) is 24.3 Å². The third-order valence-electron chi connectivity index (χ3n) is 5.45. The third kappa shape index (κ3) is 4.73. The number of hydrogen-bond acceptors (Lipinski definition) is 4. The number of hydrogen-bond donors (Lipinski definition) is 1. The van der Waals surface area contributed by atoms with E-state index in [-0.39, 0.29) is 11.7 Å². The number of aryl methyl sites for hydroxylation is 2. The Kier molecular flexibility index (Phi) is 6.62. The van der Waals surface area contributed by atoms with Gasteiger partial charge in [0.2, 0.25) is 15.9 Å². The summed E-state index contributed by atoms with van der Waals surface area (Å²) in [5, 5.41) is 3.29. The molecule has 1 aliphatic carbocycles. The van der Waals surface area contributed by atoms with Crippen molar-refractivity contribution in [3.05, 3.63) is 58.1 Å². The van der Waals surface area contributed by atoms with Crippen LogP contribution in [0, 0.1) is 0 Å². The Hall–Kier alpha value is -2.25. The number of nitrogens with one attached hydrogen (secondary N) is 1. The van der Waals surface area contributed by atoms with Gasteiger partial charge in [-0.1, -0.05) is 29.8 Å². The van der Waals surface area contributed by atoms with Gasteiger partial charge < -0.3 is 10.1 Å². The van der Waals surface area contributed by atoms with Crippen molar-refractivity contribution in [1.82, 2.24) is 5.32 Å². The number of fused-ring (bicyclic) bond motifs is 1. The van der Waals surface area contributed by atoms with Crippen LogP contribution in [0.4, 0.5) is 5.69 Å². The highest BCUT2D eigenvalue weighted by Gasteiger charge is 2.32. The van der Waals surface area contributed by atoms with E-state index >= 15 is 0 Å². The maximum atomic E-state index is 13.0. The molecule has 0 fully saturated rings. The molecular formula is C22H27ClN2O4S. The van der Waals surface area contributed by atoms with Crippen LogP contribution in [0.1, 0.15) is 43.0 Å². The number of anilines is 1. The average Bonchev–Trinajstić information content (AvgIpc) is 3.14. The molecule has 1 N–H and O–H groups in total. The van der Waals surface area contributed by atoms with Gasteiger partial charge in [-0.3, -0.25) is 9.10 Å². The first-order chi connectivity index (χ1) is 14.1. The minimum atomic E-state index is -3.79. The molecule has 0 saturated heterocycles. The Bertz CT molecular complexity index is 1060. The summed E-state index contributed by atoms with van der Waals surface area (Å²) >= 11 is 6.09. The first kappa shape index (κ1) is 22.4. The zero-order valence-corrected chi connectivity index (χ0v) is 19.2. The zero-order valence-electron chi connectivity index (χ0n) is 17.6. The van der Waals surface area contributed by atoms with Crippen LogP contribution in [-0.2, 0) is 27.7 Å². The molecule has 1 amide bonds. The largest absolute Gasteiger partial charge is 0.495 e. The van der Waals surface area contributed by atoms with E-state index in [0.29, 0.717) is 10.8 Å². The molecule has 0 spiro atoms. The Morgan fingerprint density at radius 2 is 1.83 bits per heavy atom. The molecule has 0 unspecified atom stereocenters. The fraction of sp³-hybridized carbons (Fsp3) is 0.409. The molecular weight excluding hydrogens is 424 g/mol. The van der Waals surface area contributed by atoms with E-state index in [4.69, 9.17) is 16.3 Å². The van der Waals surface area contributed by atoms with Gasteiger partial charge in [0, 0.05) is 5.02 Å². The van der Waals surface area contributed by atoms with Crippen molar-refractivity contribution in [2.24, 2.45) is 0 Å². The van der Waals surface area contributed by atoms with Gasteiger partial charge in [-0.2, -0.15) is 0 Å². The van der Waals surface area contributed by atoms with E-state index in [1.807, 2.05) is 13.0 Å². The minimum absolute atomic E-state index is 0.223. The molecule has 0 bridgehead atoms. The van der Waals surface area contributed by atoms with Crippen molar-refractivity contribution >= 4 is 33.2 Å². The minimum Gasteiger partial charge on any atom is -0.495 e. The molecule has 0 saturated carbocycles. The topological polar surface area (TPSA) is 75.7 Å². The van der Waals surface area contributed by atoms with Gasteiger partial charge in [-0.25, -0.2) is 8.42 Å². The number of rotatable bonds is 7. The van der Waals surface area contributed by atoms with Gasteiger partial charge in [-0.05, 0) is 68.0 Å². The summed E-state index contributed by atoms with van der Waals surface area (Å²) in [5.74, 6) is -0.0911. The molecule has 6 nitrogen and oxygen atoms in total. The first-order valence-corrected chi connectivity index (χ1v) is 12.1. The fourth-order valence-electron chi connectivity index (χ4n) is 3.89. The van der Waals surface area contributed by atoms with Crippen LogP contribution in [0.2, 0.25) is 5.02 Å². The molecule has 0 heterocycles. The highest BCUT2D eigenvalue weighted by molar-refractivity contribution is 7.92. The summed E-state index contributed by atoms with van der Waals surface area (Å²) in [6, 6.07) is 9.68. The van der Waals surface area contributed by atoms with Crippen molar-refractivity contribution in [2.45, 2.75) is 45.2 Å². The first-order valence-electron chi connectivity index (χ1n) is 9.87. The number of halogens is 1. The van der Waals surface area contributed by atoms with Crippen LogP contribution in [0.5, 0.6) is 5.75 Å². The van der Waals surface area contributed by atoms with Crippen molar-refractivity contribution in [3.63, 3.8) is 0 Å². The normalized spacial score (nSPS) is 15.2. The van der Waals surface area contributed by atoms with Crippen LogP contribution in [-0.4, -0.2) is 33.7 Å². The lowest BCUT2D eigenvalue weighted by molar-refractivity contribution is -0.122. The van der Waals surface area contributed by atoms with Crippen LogP contribution in [0.15, 0.2) is 36.4 Å². The van der Waals surface area contributed by atoms with Gasteiger partial charge >= 0.3 is 0 Å². The highest BCUT2D eigenvalue weighted by atomic mass is 35.5. The summed E-state index contributed by atoms with van der Waals surface area (Å²) < 4.78 is 31.5. The van der Waals surface area contributed by atoms with Gasteiger partial charge in [0.15, 0.2) is 0 Å². The van der Waals surface area contributed by atoms with Crippen molar-refractivity contribution < 1.29 is 17.9 Å². The second-order valence-electron chi connectivity index (χ2n) is 7.66. The summed E-state index contributed by atoms with van der Waals surface area (Å²) in [6.45, 7) is 3.44. The number of ether oxygens (including phenoxy) is 1. The van der Waals surface area contributed by atoms with Gasteiger partial charge in [0.05, 0.1) is 25.1 Å². The monoisotopic (exact) mass is 450 g/mol. The van der Waals surface area contributed by atoms with E-state index in [1.54, 1.807) is 19.1 Å². The fourth-order valence-corrected chi connectivity index (χ4v) is 5.23. The quantitative estimate of drug-likeness (QED) is 0.694. The molecule has 3 rings (SSSR count). The standard InChI is InChI=1S/C22H27ClN2O4S/c1-14(17-9-8-16-6-5-7-18(16)12-17)24-22(26)15(2)25(30(4,27)28)20-13-19(23)10-11-21(20)29-3/h8-15H,5-7H2,1-4H3,(H,24,26)/t14-,15-/m0/s1. The summed E-state index contributed by atoms with van der Waals surface area (Å²) in [7, 11) is -2.35. The van der Waals surface area contributed by atoms with Crippen LogP contribution in [0.3, 0.4) is 0 Å². The lowest BCUT2D eigenvalue weighted by Crippen LogP contribution is -2.48. The number of amides is 1. The Balaban J connectivity index is 1.85. The molecule has 0 aliphatic heterocycles. The SMILES string of the molecule is COc1ccc(Cl)cc1N([C@@H](C)C(=O)N[C@@H](C)c1ccc2c(c1)CCC2)S(C)(=O)=O. The predicted octanol–water partition coefficient (Wildman–Crippen LogP) is 3.87. The molecule has 2 atom stereocenters. The van der Waals surface area contributed by atoms with Crippen LogP contribution in [0.25, 0.3) is 0 Å². The third-order valence-corrected chi connectivity index (χ3v) is 6.91. The van der Waals surface area contributed by atoms with Crippen molar-refractivity contribution in [1.29, 1.82) is 0 Å². The van der Waals surface area contributed by atoms with Gasteiger partial charge in [0.25, 0.3) is 0 Å². The molecule has 1 aliphatic rings. The van der Waals surface area contributed by atoms with E-state index < -0.39 is 22.0 Å². The van der Waals surface area contributed by atoms with E-state index in [2.05, 4.69) is 17.4 Å². The number of sulfonamides is 1. The zero-order chi connectivity index (χ0) is 22.1. The Labute approximate surface area is 183 Å². The molecule has 2 aromatic rings. The van der Waals surface area contributed by atoms with Crippen molar-refractivity contribution in [2.75, 3.05) is 17.7 Å². The van der Waals surface area contributed by atoms with Gasteiger partial charge in [0.1, 0.15) is 11.8 Å². The number of benzene rings is 2. The smallest absolute Gasteiger partial charge is 0.244 e. The van der Waals surface area contributed by atoms with Crippen molar-refractivity contribution in [3.8, 4) is 5.75 Å². The summed E-state index contributed by atoms with van der Waals surface area (Å²) in [6.07, 6.45) is 4.36. The number of methoxy groups -OCH3 is 1. The number of carbonyl (C=O) groups excluding carboxylic acids is 1. The predicted molar refractivity (Wildman–Crippen MR) is 120 cm³/mol. The lowest BCUT2D eigenvalue weighted by Gasteiger charge is -2.30. The summed E-state index contributed by atoms with van der Waals surface area (Å²) in [5.41, 5.74) is 3.91. The maximum absolute atomic E-state index is 13.0. The van der Waals surface area contributed by atoms with E-state index in [0.717, 1.165) is 35.4 Å². The second-order valence-corrected chi connectivity index (χ2v) is 9.96. The maximum Gasteiger partial charge on any atom is 0.244 e. The van der Waals surface area contributed by atoms with Gasteiger partial charge in [-0.15, -0.1) is 0 Å². The number of nitrogens with zero attached hydrogens (tertiary/aromatic N) is 1. The van der Waals surface area contributed by atoms with E-state index in [9.17, 15) is 13.2 Å². The summed E-state index contributed by atoms with van der Waals surface area (Å²) in [4.78, 5) is 13.0. The average molecular weight is 451 g/mol. The molecule has 30 heavy (non-hydrogen) atoms. The Morgan fingerprint density at radius 3 is 2.50 bits per heavy atom. The Morgan fingerprint density at radius 1 is 1.13 bits per heavy atom. The molecule has 0 aromatic heterocycles. The highest BCUT2D eigenvalue weighted by Crippen LogP contribution is 2.34. The number of carbonyl (C=O) groups is 1. The molecule has 8 heteroatoms. The van der Waals surface area contributed by atoms with Crippen LogP contribution < -0.4 is 14.4 Å². The van der Waals surface area contributed by atoms with Crippen LogP contribution >= 0.6 is 11.6 Å². The molecule has 0 radical (unpaired) electrons. The lowest BCUT2D eigenvalue weighted by atomic mass is 10.0. The molecule has 2 aromatic carbocycles.